The van der Waals surface area contributed by atoms with Crippen molar-refractivity contribution in [1.29, 1.82) is 0 Å². The molecule has 1 unspecified atom stereocenters. The lowest BCUT2D eigenvalue weighted by atomic mass is 10.1. The van der Waals surface area contributed by atoms with E-state index in [1.165, 1.54) is 10.6 Å². The first-order valence-corrected chi connectivity index (χ1v) is 5.52. The van der Waals surface area contributed by atoms with Crippen molar-refractivity contribution in [3.8, 4) is 0 Å². The molecule has 0 saturated carbocycles. The zero-order valence-electron chi connectivity index (χ0n) is 9.73. The number of rotatable bonds is 3. The lowest BCUT2D eigenvalue weighted by Crippen LogP contribution is -2.20. The summed E-state index contributed by atoms with van der Waals surface area (Å²) in [4.78, 5) is 25.7. The van der Waals surface area contributed by atoms with Crippen LogP contribution < -0.4 is 5.69 Å². The van der Waals surface area contributed by atoms with Gasteiger partial charge in [0.1, 0.15) is 0 Å². The average molecular weight is 234 g/mol. The number of H-pyrrole nitrogens is 1. The molecule has 0 aliphatic carbocycles. The van der Waals surface area contributed by atoms with Gasteiger partial charge in [-0.3, -0.25) is 4.57 Å². The maximum Gasteiger partial charge on any atom is 0.337 e. The van der Waals surface area contributed by atoms with E-state index in [1.807, 2.05) is 13.8 Å². The first-order valence-electron chi connectivity index (χ1n) is 5.52. The summed E-state index contributed by atoms with van der Waals surface area (Å²) in [6.45, 7) is 3.85. The number of benzene rings is 1. The van der Waals surface area contributed by atoms with E-state index < -0.39 is 5.97 Å². The summed E-state index contributed by atoms with van der Waals surface area (Å²) in [6, 6.07) is 4.82. The van der Waals surface area contributed by atoms with E-state index in [9.17, 15) is 9.59 Å². The van der Waals surface area contributed by atoms with Crippen molar-refractivity contribution in [3.63, 3.8) is 0 Å². The molecule has 0 radical (unpaired) electrons. The highest BCUT2D eigenvalue weighted by molar-refractivity contribution is 6.01. The van der Waals surface area contributed by atoms with Gasteiger partial charge in [0.25, 0.3) is 0 Å². The van der Waals surface area contributed by atoms with Crippen LogP contribution in [0.15, 0.2) is 23.0 Å². The molecule has 0 saturated heterocycles. The van der Waals surface area contributed by atoms with Crippen molar-refractivity contribution in [2.75, 3.05) is 0 Å². The molecule has 17 heavy (non-hydrogen) atoms. The molecule has 5 nitrogen and oxygen atoms in total. The first-order chi connectivity index (χ1) is 8.06. The Labute approximate surface area is 97.7 Å². The van der Waals surface area contributed by atoms with Gasteiger partial charge in [0.05, 0.1) is 16.6 Å². The van der Waals surface area contributed by atoms with E-state index in [0.29, 0.717) is 11.0 Å². The van der Waals surface area contributed by atoms with Crippen LogP contribution in [0.3, 0.4) is 0 Å². The number of carboxylic acids is 1. The number of aromatic carboxylic acids is 1. The van der Waals surface area contributed by atoms with Crippen molar-refractivity contribution in [3.05, 3.63) is 34.2 Å². The molecule has 1 aromatic heterocycles. The fourth-order valence-electron chi connectivity index (χ4n) is 1.96. The Bertz CT molecular complexity index is 624. The van der Waals surface area contributed by atoms with Crippen LogP contribution in [-0.4, -0.2) is 20.6 Å². The smallest absolute Gasteiger partial charge is 0.337 e. The van der Waals surface area contributed by atoms with Gasteiger partial charge in [-0.25, -0.2) is 9.59 Å². The maximum atomic E-state index is 11.8. The summed E-state index contributed by atoms with van der Waals surface area (Å²) in [5.74, 6) is -1.02. The van der Waals surface area contributed by atoms with Crippen LogP contribution in [0.2, 0.25) is 0 Å². The minimum atomic E-state index is -1.02. The Morgan fingerprint density at radius 2 is 2.24 bits per heavy atom. The summed E-state index contributed by atoms with van der Waals surface area (Å²) >= 11 is 0. The molecule has 1 atom stereocenters. The Morgan fingerprint density at radius 3 is 2.82 bits per heavy atom. The van der Waals surface area contributed by atoms with E-state index in [0.717, 1.165) is 6.42 Å². The second-order valence-corrected chi connectivity index (χ2v) is 4.06. The first kappa shape index (κ1) is 11.4. The van der Waals surface area contributed by atoms with E-state index >= 15 is 0 Å². The van der Waals surface area contributed by atoms with Crippen molar-refractivity contribution in [1.82, 2.24) is 9.55 Å². The minimum Gasteiger partial charge on any atom is -0.478 e. The molecule has 2 aromatic rings. The fraction of sp³-hybridized carbons (Fsp3) is 0.333. The van der Waals surface area contributed by atoms with Gasteiger partial charge in [-0.2, -0.15) is 0 Å². The minimum absolute atomic E-state index is 0.0308. The molecule has 2 N–H and O–H groups in total. The fourth-order valence-corrected chi connectivity index (χ4v) is 1.96. The molecule has 5 heteroatoms. The van der Waals surface area contributed by atoms with Crippen LogP contribution >= 0.6 is 0 Å². The number of nitrogens with zero attached hydrogens (tertiary/aromatic N) is 1. The molecule has 0 amide bonds. The molecule has 2 rings (SSSR count). The third-order valence-corrected chi connectivity index (χ3v) is 3.00. The van der Waals surface area contributed by atoms with Crippen molar-refractivity contribution >= 4 is 17.0 Å². The van der Waals surface area contributed by atoms with Gasteiger partial charge < -0.3 is 10.1 Å². The van der Waals surface area contributed by atoms with Gasteiger partial charge in [-0.05, 0) is 25.5 Å². The van der Waals surface area contributed by atoms with Crippen LogP contribution in [-0.2, 0) is 0 Å². The molecular weight excluding hydrogens is 220 g/mol. The van der Waals surface area contributed by atoms with E-state index in [4.69, 9.17) is 5.11 Å². The molecule has 0 fully saturated rings. The van der Waals surface area contributed by atoms with E-state index in [-0.39, 0.29) is 17.3 Å². The second-order valence-electron chi connectivity index (χ2n) is 4.06. The normalized spacial score (nSPS) is 12.8. The highest BCUT2D eigenvalue weighted by Gasteiger charge is 2.17. The number of para-hydroxylation sites is 1. The van der Waals surface area contributed by atoms with Gasteiger partial charge in [0, 0.05) is 6.04 Å². The number of hydrogen-bond donors (Lipinski definition) is 2. The molecule has 1 heterocycles. The standard InChI is InChI=1S/C12H14N2O3/c1-3-7(2)14-10-8(11(15)16)5-4-6-9(10)13-12(14)17/h4-7H,3H2,1-2H3,(H,13,17)(H,15,16). The third-order valence-electron chi connectivity index (χ3n) is 3.00. The largest absolute Gasteiger partial charge is 0.478 e. The lowest BCUT2D eigenvalue weighted by molar-refractivity contribution is 0.0698. The number of fused-ring (bicyclic) bond motifs is 1. The molecule has 0 aliphatic rings. The Morgan fingerprint density at radius 1 is 1.53 bits per heavy atom. The molecule has 0 bridgehead atoms. The Kier molecular flexibility index (Phi) is 2.75. The number of imidazole rings is 1. The predicted molar refractivity (Wildman–Crippen MR) is 64.5 cm³/mol. The van der Waals surface area contributed by atoms with Crippen molar-refractivity contribution in [2.24, 2.45) is 0 Å². The van der Waals surface area contributed by atoms with Crippen LogP contribution in [0.1, 0.15) is 36.7 Å². The quantitative estimate of drug-likeness (QED) is 0.852. The predicted octanol–water partition coefficient (Wildman–Crippen LogP) is 2.00. The second kappa shape index (κ2) is 4.08. The topological polar surface area (TPSA) is 75.1 Å². The molecule has 1 aromatic carbocycles. The van der Waals surface area contributed by atoms with Crippen LogP contribution in [0.4, 0.5) is 0 Å². The number of hydrogen-bond acceptors (Lipinski definition) is 2. The zero-order chi connectivity index (χ0) is 12.6. The molecule has 90 valence electrons. The van der Waals surface area contributed by atoms with Crippen LogP contribution in [0.5, 0.6) is 0 Å². The number of carboxylic acid groups (broad SMARTS) is 1. The molecule has 0 aliphatic heterocycles. The summed E-state index contributed by atoms with van der Waals surface area (Å²) in [7, 11) is 0. The van der Waals surface area contributed by atoms with Crippen molar-refractivity contribution < 1.29 is 9.90 Å². The maximum absolute atomic E-state index is 11.8. The summed E-state index contributed by atoms with van der Waals surface area (Å²) < 4.78 is 1.51. The third kappa shape index (κ3) is 1.73. The number of nitrogens with one attached hydrogen (secondary N) is 1. The summed E-state index contributed by atoms with van der Waals surface area (Å²) in [5, 5.41) is 9.14. The van der Waals surface area contributed by atoms with E-state index in [2.05, 4.69) is 4.98 Å². The van der Waals surface area contributed by atoms with Crippen LogP contribution in [0, 0.1) is 0 Å². The van der Waals surface area contributed by atoms with Gasteiger partial charge >= 0.3 is 11.7 Å². The van der Waals surface area contributed by atoms with Crippen LogP contribution in [0.25, 0.3) is 11.0 Å². The van der Waals surface area contributed by atoms with Gasteiger partial charge in [-0.1, -0.05) is 13.0 Å². The zero-order valence-corrected chi connectivity index (χ0v) is 9.73. The highest BCUT2D eigenvalue weighted by atomic mass is 16.4. The van der Waals surface area contributed by atoms with Gasteiger partial charge in [0.15, 0.2) is 0 Å². The number of aromatic amines is 1. The molecule has 0 spiro atoms. The number of aromatic nitrogens is 2. The summed E-state index contributed by atoms with van der Waals surface area (Å²) in [5.41, 5.74) is 0.929. The SMILES string of the molecule is CCC(C)n1c(=O)[nH]c2cccc(C(=O)O)c21. The summed E-state index contributed by atoms with van der Waals surface area (Å²) in [6.07, 6.45) is 0.765. The van der Waals surface area contributed by atoms with Gasteiger partial charge in [-0.15, -0.1) is 0 Å². The Hall–Kier alpha value is -2.04. The molecular formula is C12H14N2O3. The van der Waals surface area contributed by atoms with Crippen molar-refractivity contribution in [2.45, 2.75) is 26.3 Å². The number of carbonyl (C=O) groups is 1. The lowest BCUT2D eigenvalue weighted by Gasteiger charge is -2.11. The average Bonchev–Trinajstić information content (AvgIpc) is 2.63. The highest BCUT2D eigenvalue weighted by Crippen LogP contribution is 2.20. The monoisotopic (exact) mass is 234 g/mol. The van der Waals surface area contributed by atoms with Gasteiger partial charge in [0.2, 0.25) is 0 Å². The Balaban J connectivity index is 2.87. The van der Waals surface area contributed by atoms with E-state index in [1.54, 1.807) is 12.1 Å².